The van der Waals surface area contributed by atoms with Crippen molar-refractivity contribution in [2.24, 2.45) is 0 Å². The maximum absolute atomic E-state index is 12.5. The largest absolute Gasteiger partial charge is 0.461 e. The molecule has 0 unspecified atom stereocenters. The Morgan fingerprint density at radius 1 is 1.05 bits per heavy atom. The van der Waals surface area contributed by atoms with E-state index >= 15 is 0 Å². The molecule has 0 saturated heterocycles. The van der Waals surface area contributed by atoms with E-state index in [1.165, 1.54) is 0 Å². The molecule has 1 aromatic heterocycles. The van der Waals surface area contributed by atoms with Gasteiger partial charge in [0.15, 0.2) is 5.78 Å². The highest BCUT2D eigenvalue weighted by atomic mass is 16.3. The van der Waals surface area contributed by atoms with Crippen molar-refractivity contribution >= 4 is 16.8 Å². The lowest BCUT2D eigenvalue weighted by Crippen LogP contribution is -2.09. The summed E-state index contributed by atoms with van der Waals surface area (Å²) in [5.74, 6) is 0.876. The Labute approximate surface area is 118 Å². The molecule has 1 heterocycles. The molecule has 3 rings (SSSR count). The van der Waals surface area contributed by atoms with Gasteiger partial charge in [0, 0.05) is 16.9 Å². The van der Waals surface area contributed by atoms with Gasteiger partial charge in [-0.05, 0) is 30.7 Å². The van der Waals surface area contributed by atoms with E-state index in [0.717, 1.165) is 27.9 Å². The Hall–Kier alpha value is -2.35. The Morgan fingerprint density at radius 3 is 2.55 bits per heavy atom. The van der Waals surface area contributed by atoms with Crippen LogP contribution in [0.1, 0.15) is 34.5 Å². The molecule has 20 heavy (non-hydrogen) atoms. The van der Waals surface area contributed by atoms with Crippen molar-refractivity contribution in [2.75, 3.05) is 0 Å². The van der Waals surface area contributed by atoms with Crippen molar-refractivity contribution in [3.05, 3.63) is 71.5 Å². The Morgan fingerprint density at radius 2 is 1.80 bits per heavy atom. The van der Waals surface area contributed by atoms with Crippen LogP contribution in [-0.2, 0) is 0 Å². The van der Waals surface area contributed by atoms with Gasteiger partial charge in [0.1, 0.15) is 11.3 Å². The third-order valence-electron chi connectivity index (χ3n) is 3.62. The summed E-state index contributed by atoms with van der Waals surface area (Å²) in [6, 6.07) is 17.4. The highest BCUT2D eigenvalue weighted by Gasteiger charge is 2.17. The Balaban J connectivity index is 1.95. The van der Waals surface area contributed by atoms with Crippen LogP contribution in [0.4, 0.5) is 0 Å². The fraction of sp³-hybridized carbons (Fsp3) is 0.167. The standard InChI is InChI=1S/C18H16O2/c1-12-10-16-11-15(8-9-17(16)20-12)13(2)18(19)14-6-4-3-5-7-14/h3-11,13H,1-2H3/t13-/m0/s1. The van der Waals surface area contributed by atoms with E-state index < -0.39 is 0 Å². The molecular formula is C18H16O2. The molecule has 0 amide bonds. The number of carbonyl (C=O) groups is 1. The predicted octanol–water partition coefficient (Wildman–Crippen LogP) is 4.73. The predicted molar refractivity (Wildman–Crippen MR) is 80.1 cm³/mol. The van der Waals surface area contributed by atoms with Gasteiger partial charge in [-0.2, -0.15) is 0 Å². The van der Waals surface area contributed by atoms with E-state index in [9.17, 15) is 4.79 Å². The van der Waals surface area contributed by atoms with Crippen molar-refractivity contribution in [2.45, 2.75) is 19.8 Å². The minimum Gasteiger partial charge on any atom is -0.461 e. The molecule has 2 heteroatoms. The zero-order valence-electron chi connectivity index (χ0n) is 11.6. The lowest BCUT2D eigenvalue weighted by Gasteiger charge is -2.11. The first-order chi connectivity index (χ1) is 9.65. The van der Waals surface area contributed by atoms with Crippen molar-refractivity contribution in [3.8, 4) is 0 Å². The van der Waals surface area contributed by atoms with Gasteiger partial charge in [-0.25, -0.2) is 0 Å². The molecule has 0 aliphatic heterocycles. The first-order valence-electron chi connectivity index (χ1n) is 6.74. The lowest BCUT2D eigenvalue weighted by molar-refractivity contribution is 0.0966. The van der Waals surface area contributed by atoms with Gasteiger partial charge in [0.2, 0.25) is 0 Å². The third kappa shape index (κ3) is 2.25. The number of hydrogen-bond donors (Lipinski definition) is 0. The summed E-state index contributed by atoms with van der Waals surface area (Å²) in [6.07, 6.45) is 0. The highest BCUT2D eigenvalue weighted by molar-refractivity contribution is 6.01. The van der Waals surface area contributed by atoms with E-state index in [1.807, 2.05) is 68.4 Å². The van der Waals surface area contributed by atoms with Crippen LogP contribution < -0.4 is 0 Å². The summed E-state index contributed by atoms with van der Waals surface area (Å²) in [5.41, 5.74) is 2.64. The molecule has 0 bridgehead atoms. The van der Waals surface area contributed by atoms with E-state index in [2.05, 4.69) is 0 Å². The summed E-state index contributed by atoms with van der Waals surface area (Å²) < 4.78 is 5.56. The quantitative estimate of drug-likeness (QED) is 0.640. The molecule has 0 radical (unpaired) electrons. The fourth-order valence-corrected chi connectivity index (χ4v) is 2.47. The van der Waals surface area contributed by atoms with Gasteiger partial charge in [-0.15, -0.1) is 0 Å². The van der Waals surface area contributed by atoms with Crippen molar-refractivity contribution in [3.63, 3.8) is 0 Å². The van der Waals surface area contributed by atoms with Crippen molar-refractivity contribution in [1.29, 1.82) is 0 Å². The first-order valence-corrected chi connectivity index (χ1v) is 6.74. The zero-order chi connectivity index (χ0) is 14.1. The molecule has 0 spiro atoms. The van der Waals surface area contributed by atoms with Crippen LogP contribution in [0.25, 0.3) is 11.0 Å². The monoisotopic (exact) mass is 264 g/mol. The number of hydrogen-bond acceptors (Lipinski definition) is 2. The number of ketones is 1. The number of fused-ring (bicyclic) bond motifs is 1. The average Bonchev–Trinajstić information content (AvgIpc) is 2.85. The van der Waals surface area contributed by atoms with Gasteiger partial charge in [0.05, 0.1) is 0 Å². The zero-order valence-corrected chi connectivity index (χ0v) is 11.6. The summed E-state index contributed by atoms with van der Waals surface area (Å²) in [4.78, 5) is 12.5. The van der Waals surface area contributed by atoms with E-state index in [1.54, 1.807) is 0 Å². The van der Waals surface area contributed by atoms with Crippen LogP contribution in [-0.4, -0.2) is 5.78 Å². The molecule has 2 nitrogen and oxygen atoms in total. The van der Waals surface area contributed by atoms with Crippen molar-refractivity contribution in [1.82, 2.24) is 0 Å². The van der Waals surface area contributed by atoms with E-state index in [-0.39, 0.29) is 11.7 Å². The summed E-state index contributed by atoms with van der Waals surface area (Å²) in [6.45, 7) is 3.88. The molecule has 1 atom stereocenters. The topological polar surface area (TPSA) is 30.2 Å². The molecule has 0 aliphatic rings. The molecule has 2 aromatic carbocycles. The lowest BCUT2D eigenvalue weighted by atomic mass is 9.92. The first kappa shape index (κ1) is 12.7. The molecule has 0 N–H and O–H groups in total. The van der Waals surface area contributed by atoms with Crippen LogP contribution in [0.5, 0.6) is 0 Å². The van der Waals surface area contributed by atoms with Gasteiger partial charge in [-0.1, -0.05) is 43.3 Å². The van der Waals surface area contributed by atoms with Crippen LogP contribution >= 0.6 is 0 Å². The normalized spacial score (nSPS) is 12.5. The molecular weight excluding hydrogens is 248 g/mol. The number of furan rings is 1. The van der Waals surface area contributed by atoms with Crippen LogP contribution in [0.3, 0.4) is 0 Å². The average molecular weight is 264 g/mol. The van der Waals surface area contributed by atoms with Crippen LogP contribution in [0, 0.1) is 6.92 Å². The van der Waals surface area contributed by atoms with Gasteiger partial charge in [-0.3, -0.25) is 4.79 Å². The van der Waals surface area contributed by atoms with E-state index in [4.69, 9.17) is 4.42 Å². The van der Waals surface area contributed by atoms with Gasteiger partial charge >= 0.3 is 0 Å². The van der Waals surface area contributed by atoms with E-state index in [0.29, 0.717) is 0 Å². The van der Waals surface area contributed by atoms with Crippen LogP contribution in [0.2, 0.25) is 0 Å². The highest BCUT2D eigenvalue weighted by Crippen LogP contribution is 2.26. The summed E-state index contributed by atoms with van der Waals surface area (Å²) >= 11 is 0. The number of carbonyl (C=O) groups excluding carboxylic acids is 1. The third-order valence-corrected chi connectivity index (χ3v) is 3.62. The summed E-state index contributed by atoms with van der Waals surface area (Å²) in [5, 5.41) is 1.05. The number of rotatable bonds is 3. The minimum atomic E-state index is -0.156. The SMILES string of the molecule is Cc1cc2cc([C@H](C)C(=O)c3ccccc3)ccc2o1. The van der Waals surface area contributed by atoms with Crippen molar-refractivity contribution < 1.29 is 9.21 Å². The molecule has 100 valence electrons. The molecule has 0 saturated carbocycles. The second-order valence-corrected chi connectivity index (χ2v) is 5.11. The Kier molecular flexibility index (Phi) is 3.15. The number of aryl methyl sites for hydroxylation is 1. The maximum atomic E-state index is 12.5. The Bertz CT molecular complexity index is 753. The maximum Gasteiger partial charge on any atom is 0.170 e. The fourth-order valence-electron chi connectivity index (χ4n) is 2.47. The summed E-state index contributed by atoms with van der Waals surface area (Å²) in [7, 11) is 0. The van der Waals surface area contributed by atoms with Crippen LogP contribution in [0.15, 0.2) is 59.0 Å². The number of Topliss-reactive ketones (excluding diaryl/α,β-unsaturated/α-hetero) is 1. The van der Waals surface area contributed by atoms with Gasteiger partial charge in [0.25, 0.3) is 0 Å². The molecule has 0 aliphatic carbocycles. The molecule has 3 aromatic rings. The molecule has 0 fully saturated rings. The second kappa shape index (κ2) is 4.97. The minimum absolute atomic E-state index is 0.144. The number of benzene rings is 2. The second-order valence-electron chi connectivity index (χ2n) is 5.11. The van der Waals surface area contributed by atoms with Gasteiger partial charge < -0.3 is 4.42 Å². The smallest absolute Gasteiger partial charge is 0.170 e.